The van der Waals surface area contributed by atoms with E-state index in [9.17, 15) is 9.59 Å². The SMILES string of the molecule is CC(C)c1ccc(OCCC(=O)Nc2ccccc2NC(=O)Cc2cccs2)cc1. The Labute approximate surface area is 181 Å². The third-order valence-corrected chi connectivity index (χ3v) is 5.41. The number of benzene rings is 2. The summed E-state index contributed by atoms with van der Waals surface area (Å²) in [6.07, 6.45) is 0.521. The summed E-state index contributed by atoms with van der Waals surface area (Å²) in [5.74, 6) is 0.922. The molecule has 0 bridgehead atoms. The maximum absolute atomic E-state index is 12.3. The van der Waals surface area contributed by atoms with E-state index in [-0.39, 0.29) is 24.8 Å². The highest BCUT2D eigenvalue weighted by molar-refractivity contribution is 7.10. The van der Waals surface area contributed by atoms with Gasteiger partial charge >= 0.3 is 0 Å². The van der Waals surface area contributed by atoms with Crippen LogP contribution in [0.3, 0.4) is 0 Å². The number of anilines is 2. The molecule has 3 rings (SSSR count). The van der Waals surface area contributed by atoms with Crippen molar-refractivity contribution in [2.75, 3.05) is 17.2 Å². The van der Waals surface area contributed by atoms with Crippen LogP contribution >= 0.6 is 11.3 Å². The predicted molar refractivity (Wildman–Crippen MR) is 122 cm³/mol. The van der Waals surface area contributed by atoms with Crippen molar-refractivity contribution < 1.29 is 14.3 Å². The lowest BCUT2D eigenvalue weighted by molar-refractivity contribution is -0.117. The summed E-state index contributed by atoms with van der Waals surface area (Å²) < 4.78 is 5.67. The van der Waals surface area contributed by atoms with Gasteiger partial charge in [-0.3, -0.25) is 9.59 Å². The first-order valence-electron chi connectivity index (χ1n) is 9.95. The fourth-order valence-corrected chi connectivity index (χ4v) is 3.59. The van der Waals surface area contributed by atoms with E-state index >= 15 is 0 Å². The van der Waals surface area contributed by atoms with Crippen LogP contribution in [0.5, 0.6) is 5.75 Å². The molecule has 0 atom stereocenters. The molecular weight excluding hydrogens is 396 g/mol. The van der Waals surface area contributed by atoms with E-state index < -0.39 is 0 Å². The van der Waals surface area contributed by atoms with Gasteiger partial charge in [0.25, 0.3) is 0 Å². The topological polar surface area (TPSA) is 67.4 Å². The van der Waals surface area contributed by atoms with Crippen LogP contribution < -0.4 is 15.4 Å². The third kappa shape index (κ3) is 6.46. The number of hydrogen-bond donors (Lipinski definition) is 2. The van der Waals surface area contributed by atoms with Crippen LogP contribution in [0.4, 0.5) is 11.4 Å². The molecule has 6 heteroatoms. The molecule has 2 N–H and O–H groups in total. The molecule has 0 aliphatic carbocycles. The van der Waals surface area contributed by atoms with Gasteiger partial charge in [0.1, 0.15) is 5.75 Å². The number of carbonyl (C=O) groups is 2. The number of amides is 2. The summed E-state index contributed by atoms with van der Waals surface area (Å²) in [6.45, 7) is 4.56. The summed E-state index contributed by atoms with van der Waals surface area (Å²) in [6, 6.07) is 18.9. The number of para-hydroxylation sites is 2. The fraction of sp³-hybridized carbons (Fsp3) is 0.250. The lowest BCUT2D eigenvalue weighted by Gasteiger charge is -2.13. The molecule has 0 aliphatic rings. The fourth-order valence-electron chi connectivity index (χ4n) is 2.89. The second-order valence-electron chi connectivity index (χ2n) is 7.22. The van der Waals surface area contributed by atoms with Crippen molar-refractivity contribution in [3.8, 4) is 5.75 Å². The van der Waals surface area contributed by atoms with Gasteiger partial charge < -0.3 is 15.4 Å². The Bertz CT molecular complexity index is 966. The summed E-state index contributed by atoms with van der Waals surface area (Å²) in [7, 11) is 0. The second kappa shape index (κ2) is 10.6. The number of carbonyl (C=O) groups excluding carboxylic acids is 2. The monoisotopic (exact) mass is 422 g/mol. The number of rotatable bonds is 9. The first-order chi connectivity index (χ1) is 14.5. The molecule has 0 spiro atoms. The van der Waals surface area contributed by atoms with Gasteiger partial charge in [-0.05, 0) is 47.2 Å². The van der Waals surface area contributed by atoms with E-state index in [1.54, 1.807) is 23.5 Å². The van der Waals surface area contributed by atoms with Gasteiger partial charge in [-0.15, -0.1) is 11.3 Å². The molecule has 0 fully saturated rings. The normalized spacial score (nSPS) is 10.6. The molecule has 3 aromatic rings. The van der Waals surface area contributed by atoms with E-state index in [0.717, 1.165) is 10.6 Å². The van der Waals surface area contributed by atoms with Gasteiger partial charge in [0.15, 0.2) is 0 Å². The highest BCUT2D eigenvalue weighted by Gasteiger charge is 2.11. The van der Waals surface area contributed by atoms with Gasteiger partial charge in [0.05, 0.1) is 30.8 Å². The Hall–Kier alpha value is -3.12. The minimum atomic E-state index is -0.172. The van der Waals surface area contributed by atoms with Crippen molar-refractivity contribution in [3.05, 3.63) is 76.5 Å². The molecule has 0 radical (unpaired) electrons. The highest BCUT2D eigenvalue weighted by Crippen LogP contribution is 2.22. The largest absolute Gasteiger partial charge is 0.493 e. The van der Waals surface area contributed by atoms with Gasteiger partial charge in [-0.2, -0.15) is 0 Å². The smallest absolute Gasteiger partial charge is 0.229 e. The molecule has 0 aliphatic heterocycles. The van der Waals surface area contributed by atoms with Crippen LogP contribution in [0.25, 0.3) is 0 Å². The Morgan fingerprint density at radius 1 is 0.900 bits per heavy atom. The first kappa shape index (κ1) is 21.6. The molecule has 2 amide bonds. The van der Waals surface area contributed by atoms with Crippen molar-refractivity contribution in [3.63, 3.8) is 0 Å². The van der Waals surface area contributed by atoms with E-state index in [0.29, 0.717) is 23.7 Å². The Morgan fingerprint density at radius 2 is 1.57 bits per heavy atom. The number of thiophene rings is 1. The van der Waals surface area contributed by atoms with E-state index in [4.69, 9.17) is 4.74 Å². The average molecular weight is 423 g/mol. The molecule has 0 unspecified atom stereocenters. The summed E-state index contributed by atoms with van der Waals surface area (Å²) in [5, 5.41) is 7.67. The molecule has 1 aromatic heterocycles. The number of ether oxygens (including phenoxy) is 1. The Morgan fingerprint density at radius 3 is 2.17 bits per heavy atom. The maximum Gasteiger partial charge on any atom is 0.229 e. The second-order valence-corrected chi connectivity index (χ2v) is 8.25. The zero-order valence-electron chi connectivity index (χ0n) is 17.2. The van der Waals surface area contributed by atoms with E-state index in [1.165, 1.54) is 5.56 Å². The van der Waals surface area contributed by atoms with E-state index in [2.05, 4.69) is 24.5 Å². The molecule has 5 nitrogen and oxygen atoms in total. The van der Waals surface area contributed by atoms with E-state index in [1.807, 2.05) is 53.9 Å². The first-order valence-corrected chi connectivity index (χ1v) is 10.8. The minimum Gasteiger partial charge on any atom is -0.493 e. The Kier molecular flexibility index (Phi) is 7.63. The maximum atomic E-state index is 12.3. The molecule has 2 aromatic carbocycles. The summed E-state index contributed by atoms with van der Waals surface area (Å²) in [4.78, 5) is 25.6. The third-order valence-electron chi connectivity index (χ3n) is 4.53. The van der Waals surface area contributed by atoms with Crippen molar-refractivity contribution in [2.45, 2.75) is 32.6 Å². The van der Waals surface area contributed by atoms with Gasteiger partial charge in [-0.1, -0.05) is 44.2 Å². The molecule has 0 saturated carbocycles. The van der Waals surface area contributed by atoms with Crippen molar-refractivity contribution in [2.24, 2.45) is 0 Å². The van der Waals surface area contributed by atoms with Crippen LogP contribution in [0.15, 0.2) is 66.0 Å². The van der Waals surface area contributed by atoms with Gasteiger partial charge in [-0.25, -0.2) is 0 Å². The van der Waals surface area contributed by atoms with Crippen LogP contribution in [0.1, 0.15) is 36.6 Å². The molecule has 156 valence electrons. The molecule has 0 saturated heterocycles. The number of hydrogen-bond acceptors (Lipinski definition) is 4. The van der Waals surface area contributed by atoms with Gasteiger partial charge in [0.2, 0.25) is 11.8 Å². The van der Waals surface area contributed by atoms with Crippen LogP contribution in [-0.2, 0) is 16.0 Å². The zero-order chi connectivity index (χ0) is 21.3. The number of nitrogens with one attached hydrogen (secondary N) is 2. The Balaban J connectivity index is 1.49. The van der Waals surface area contributed by atoms with Crippen LogP contribution in [0.2, 0.25) is 0 Å². The molecule has 1 heterocycles. The van der Waals surface area contributed by atoms with Crippen molar-refractivity contribution >= 4 is 34.5 Å². The lowest BCUT2D eigenvalue weighted by Crippen LogP contribution is -2.19. The average Bonchev–Trinajstić information content (AvgIpc) is 3.23. The minimum absolute atomic E-state index is 0.118. The zero-order valence-corrected chi connectivity index (χ0v) is 18.0. The lowest BCUT2D eigenvalue weighted by atomic mass is 10.0. The van der Waals surface area contributed by atoms with Crippen molar-refractivity contribution in [1.82, 2.24) is 0 Å². The quantitative estimate of drug-likeness (QED) is 0.481. The molecule has 30 heavy (non-hydrogen) atoms. The van der Waals surface area contributed by atoms with Crippen molar-refractivity contribution in [1.29, 1.82) is 0 Å². The van der Waals surface area contributed by atoms with Gasteiger partial charge in [0, 0.05) is 4.88 Å². The van der Waals surface area contributed by atoms with Crippen LogP contribution in [-0.4, -0.2) is 18.4 Å². The summed E-state index contributed by atoms with van der Waals surface area (Å²) in [5.41, 5.74) is 2.40. The van der Waals surface area contributed by atoms with Crippen LogP contribution in [0, 0.1) is 0 Å². The standard InChI is InChI=1S/C24H26N2O3S/c1-17(2)18-9-11-19(12-10-18)29-14-13-23(27)25-21-7-3-4-8-22(21)26-24(28)16-20-6-5-15-30-20/h3-12,15,17H,13-14,16H2,1-2H3,(H,25,27)(H,26,28). The highest BCUT2D eigenvalue weighted by atomic mass is 32.1. The molecular formula is C24H26N2O3S. The summed E-state index contributed by atoms with van der Waals surface area (Å²) >= 11 is 1.54. The predicted octanol–water partition coefficient (Wildman–Crippen LogP) is 5.46.